The third-order valence-electron chi connectivity index (χ3n) is 4.56. The van der Waals surface area contributed by atoms with E-state index < -0.39 is 47.3 Å². The zero-order chi connectivity index (χ0) is 22.7. The van der Waals surface area contributed by atoms with Gasteiger partial charge in [0.2, 0.25) is 5.91 Å². The maximum absolute atomic E-state index is 12.8. The van der Waals surface area contributed by atoms with Gasteiger partial charge in [-0.2, -0.15) is 0 Å². The van der Waals surface area contributed by atoms with E-state index in [0.717, 1.165) is 16.7 Å². The van der Waals surface area contributed by atoms with Gasteiger partial charge in [-0.25, -0.2) is 19.0 Å². The Morgan fingerprint density at radius 3 is 2.48 bits per heavy atom. The molecule has 2 amide bonds. The van der Waals surface area contributed by atoms with Crippen LogP contribution in [0.3, 0.4) is 0 Å². The van der Waals surface area contributed by atoms with Gasteiger partial charge in [-0.15, -0.1) is 4.91 Å². The summed E-state index contributed by atoms with van der Waals surface area (Å²) in [5.41, 5.74) is 4.53. The topological polar surface area (TPSA) is 183 Å². The number of nitroso groups, excluding NO2 is 1. The van der Waals surface area contributed by atoms with Crippen LogP contribution in [0.2, 0.25) is 0 Å². The molecule has 12 nitrogen and oxygen atoms in total. The van der Waals surface area contributed by atoms with E-state index in [2.05, 4.69) is 19.9 Å². The van der Waals surface area contributed by atoms with Crippen molar-refractivity contribution < 1.29 is 23.9 Å². The Balaban J connectivity index is 1.96. The maximum atomic E-state index is 12.8. The number of methoxy groups -OCH3 is 1. The standard InChI is InChI=1S/C19H15N5O7/c1-31-18(28)10-4-2-9(3-5-10)11(16(20)26)6-14(25)12-7-13(17(27)23-30)24-15(22-12)8-21-19(24)29/h2-5,7-8,11H,6H2,1H3,(H2,20,26)(H,21,29)/t11-/m1/s1. The van der Waals surface area contributed by atoms with Crippen molar-refractivity contribution in [2.24, 2.45) is 10.9 Å². The van der Waals surface area contributed by atoms with Crippen LogP contribution in [0.4, 0.5) is 0 Å². The largest absolute Gasteiger partial charge is 0.465 e. The Kier molecular flexibility index (Phi) is 5.81. The lowest BCUT2D eigenvalue weighted by molar-refractivity contribution is -0.119. The van der Waals surface area contributed by atoms with Crippen molar-refractivity contribution in [1.29, 1.82) is 0 Å². The van der Waals surface area contributed by atoms with Crippen molar-refractivity contribution in [3.8, 4) is 0 Å². The van der Waals surface area contributed by atoms with Crippen LogP contribution in [-0.4, -0.2) is 45.0 Å². The normalized spacial score (nSPS) is 11.6. The average molecular weight is 425 g/mol. The molecule has 2 heterocycles. The summed E-state index contributed by atoms with van der Waals surface area (Å²) in [5, 5.41) is 2.28. The Hall–Kier alpha value is -4.48. The van der Waals surface area contributed by atoms with E-state index >= 15 is 0 Å². The zero-order valence-corrected chi connectivity index (χ0v) is 16.0. The predicted octanol–water partition coefficient (Wildman–Crippen LogP) is 0.558. The molecule has 3 rings (SSSR count). The van der Waals surface area contributed by atoms with Gasteiger partial charge < -0.3 is 15.5 Å². The number of hydrogen-bond acceptors (Lipinski definition) is 8. The van der Waals surface area contributed by atoms with Crippen molar-refractivity contribution in [2.75, 3.05) is 7.11 Å². The minimum atomic E-state index is -1.27. The number of ketones is 1. The van der Waals surface area contributed by atoms with Gasteiger partial charge in [0.1, 0.15) is 11.4 Å². The van der Waals surface area contributed by atoms with Gasteiger partial charge in [0.25, 0.3) is 0 Å². The molecule has 1 atom stereocenters. The van der Waals surface area contributed by atoms with E-state index in [1.807, 2.05) is 0 Å². The number of nitrogens with two attached hydrogens (primary N) is 1. The number of nitrogens with one attached hydrogen (secondary N) is 1. The number of Topliss-reactive ketones (excluding diaryl/α,β-unsaturated/α-hetero) is 1. The van der Waals surface area contributed by atoms with E-state index in [1.54, 1.807) is 0 Å². The summed E-state index contributed by atoms with van der Waals surface area (Å²) < 4.78 is 5.41. The number of esters is 1. The number of hydrogen-bond donors (Lipinski definition) is 2. The molecule has 1 aromatic carbocycles. The van der Waals surface area contributed by atoms with Crippen molar-refractivity contribution in [3.05, 3.63) is 74.4 Å². The van der Waals surface area contributed by atoms with Crippen molar-refractivity contribution in [3.63, 3.8) is 0 Å². The van der Waals surface area contributed by atoms with Crippen molar-refractivity contribution in [2.45, 2.75) is 12.3 Å². The number of carbonyl (C=O) groups excluding carboxylic acids is 4. The number of aromatic nitrogens is 3. The monoisotopic (exact) mass is 425 g/mol. The molecular formula is C19H15N5O7. The number of ether oxygens (including phenoxy) is 1. The SMILES string of the molecule is COC(=O)c1ccc([C@@H](CC(=O)c2cc(C(=O)N=O)n3c(=O)[nH]cc3n2)C(N)=O)cc1. The second-order valence-corrected chi connectivity index (χ2v) is 6.41. The maximum Gasteiger partial charge on any atom is 0.337 e. The van der Waals surface area contributed by atoms with Gasteiger partial charge in [-0.1, -0.05) is 12.1 Å². The molecule has 3 aromatic rings. The van der Waals surface area contributed by atoms with Crippen LogP contribution in [0.25, 0.3) is 5.65 Å². The van der Waals surface area contributed by atoms with Crippen LogP contribution in [0.1, 0.15) is 49.2 Å². The molecule has 0 aliphatic rings. The lowest BCUT2D eigenvalue weighted by atomic mass is 9.91. The Morgan fingerprint density at radius 2 is 1.90 bits per heavy atom. The first-order valence-corrected chi connectivity index (χ1v) is 8.76. The molecule has 0 aliphatic heterocycles. The fourth-order valence-electron chi connectivity index (χ4n) is 3.01. The van der Waals surface area contributed by atoms with Crippen LogP contribution in [0.15, 0.2) is 46.5 Å². The average Bonchev–Trinajstić information content (AvgIpc) is 3.16. The lowest BCUT2D eigenvalue weighted by Crippen LogP contribution is -2.25. The Labute approximate surface area is 173 Å². The molecule has 0 saturated heterocycles. The number of imidazole rings is 1. The minimum absolute atomic E-state index is 0.0825. The van der Waals surface area contributed by atoms with Crippen LogP contribution >= 0.6 is 0 Å². The highest BCUT2D eigenvalue weighted by molar-refractivity contribution is 6.01. The number of nitrogens with zero attached hydrogens (tertiary/aromatic N) is 3. The van der Waals surface area contributed by atoms with Crippen LogP contribution in [0.5, 0.6) is 0 Å². The highest BCUT2D eigenvalue weighted by atomic mass is 16.5. The fraction of sp³-hybridized carbons (Fsp3) is 0.158. The highest BCUT2D eigenvalue weighted by Crippen LogP contribution is 2.23. The van der Waals surface area contributed by atoms with Crippen LogP contribution in [0, 0.1) is 4.91 Å². The molecule has 3 N–H and O–H groups in total. The number of fused-ring (bicyclic) bond motifs is 1. The van der Waals surface area contributed by atoms with Gasteiger partial charge in [-0.3, -0.25) is 14.4 Å². The van der Waals surface area contributed by atoms with E-state index in [4.69, 9.17) is 5.73 Å². The summed E-state index contributed by atoms with van der Waals surface area (Å²) >= 11 is 0. The summed E-state index contributed by atoms with van der Waals surface area (Å²) in [6, 6.07) is 6.72. The van der Waals surface area contributed by atoms with Gasteiger partial charge in [0.05, 0.1) is 18.6 Å². The van der Waals surface area contributed by atoms with Crippen molar-refractivity contribution in [1.82, 2.24) is 14.4 Å². The van der Waals surface area contributed by atoms with Gasteiger partial charge in [0, 0.05) is 17.8 Å². The van der Waals surface area contributed by atoms with E-state index in [1.165, 1.54) is 31.4 Å². The first kappa shape index (κ1) is 21.2. The van der Waals surface area contributed by atoms with Gasteiger partial charge in [-0.05, 0) is 23.8 Å². The number of primary amides is 1. The summed E-state index contributed by atoms with van der Waals surface area (Å²) in [4.78, 5) is 77.0. The number of H-pyrrole nitrogens is 1. The molecule has 0 unspecified atom stereocenters. The quantitative estimate of drug-likeness (QED) is 0.312. The molecule has 0 saturated carbocycles. The third kappa shape index (κ3) is 4.12. The van der Waals surface area contributed by atoms with Crippen LogP contribution < -0.4 is 11.4 Å². The molecule has 0 aliphatic carbocycles. The number of benzene rings is 1. The number of amides is 2. The summed E-state index contributed by atoms with van der Waals surface area (Å²) in [5.74, 6) is -4.37. The molecular weight excluding hydrogens is 410 g/mol. The first-order chi connectivity index (χ1) is 14.8. The predicted molar refractivity (Wildman–Crippen MR) is 105 cm³/mol. The molecule has 0 spiro atoms. The first-order valence-electron chi connectivity index (χ1n) is 8.76. The minimum Gasteiger partial charge on any atom is -0.465 e. The van der Waals surface area contributed by atoms with Gasteiger partial charge >= 0.3 is 17.6 Å². The molecule has 0 bridgehead atoms. The second-order valence-electron chi connectivity index (χ2n) is 6.41. The van der Waals surface area contributed by atoms with Gasteiger partial charge in [0.15, 0.2) is 11.4 Å². The molecule has 31 heavy (non-hydrogen) atoms. The molecule has 0 radical (unpaired) electrons. The Bertz CT molecular complexity index is 1270. The number of aromatic amines is 1. The Morgan fingerprint density at radius 1 is 1.23 bits per heavy atom. The molecule has 2 aromatic heterocycles. The summed E-state index contributed by atoms with van der Waals surface area (Å²) in [6.07, 6.45) is 0.741. The third-order valence-corrected chi connectivity index (χ3v) is 4.56. The molecule has 0 fully saturated rings. The summed E-state index contributed by atoms with van der Waals surface area (Å²) in [7, 11) is 1.22. The lowest BCUT2D eigenvalue weighted by Gasteiger charge is -2.14. The van der Waals surface area contributed by atoms with E-state index in [9.17, 15) is 28.9 Å². The zero-order valence-electron chi connectivity index (χ0n) is 16.0. The summed E-state index contributed by atoms with van der Waals surface area (Å²) in [6.45, 7) is 0. The van der Waals surface area contributed by atoms with E-state index in [0.29, 0.717) is 5.56 Å². The van der Waals surface area contributed by atoms with Crippen molar-refractivity contribution >= 4 is 29.2 Å². The second kappa shape index (κ2) is 8.49. The van der Waals surface area contributed by atoms with Crippen LogP contribution in [-0.2, 0) is 9.53 Å². The highest BCUT2D eigenvalue weighted by Gasteiger charge is 2.25. The number of carbonyl (C=O) groups is 4. The fourth-order valence-corrected chi connectivity index (χ4v) is 3.01. The van der Waals surface area contributed by atoms with E-state index in [-0.39, 0.29) is 16.9 Å². The smallest absolute Gasteiger partial charge is 0.337 e. The number of rotatable bonds is 7. The molecule has 158 valence electrons. The molecule has 12 heteroatoms.